The minimum absolute atomic E-state index is 0.0472. The van der Waals surface area contributed by atoms with Gasteiger partial charge in [-0.1, -0.05) is 17.7 Å². The van der Waals surface area contributed by atoms with E-state index in [1.165, 1.54) is 19.1 Å². The highest BCUT2D eigenvalue weighted by Gasteiger charge is 2.15. The highest BCUT2D eigenvalue weighted by molar-refractivity contribution is 6.34. The Hall–Kier alpha value is -2.60. The first-order chi connectivity index (χ1) is 11.3. The Bertz CT molecular complexity index is 793. The maximum atomic E-state index is 13.7. The number of rotatable bonds is 4. The molecule has 7 heteroatoms. The fourth-order valence-electron chi connectivity index (χ4n) is 2.22. The van der Waals surface area contributed by atoms with E-state index in [-0.39, 0.29) is 11.3 Å². The third-order valence-electron chi connectivity index (χ3n) is 3.22. The minimum Gasteiger partial charge on any atom is -0.375 e. The van der Waals surface area contributed by atoms with Crippen LogP contribution >= 0.6 is 11.6 Å². The SMILES string of the molecule is CC(=O)Nc1cc(C(=O)Nc2cccc(Cl)c2N(C)C)ccc1F. The number of anilines is 3. The first kappa shape index (κ1) is 17.7. The molecule has 0 saturated heterocycles. The van der Waals surface area contributed by atoms with Gasteiger partial charge in [0.05, 0.1) is 22.1 Å². The van der Waals surface area contributed by atoms with Crippen LogP contribution in [0.1, 0.15) is 17.3 Å². The van der Waals surface area contributed by atoms with Gasteiger partial charge in [0, 0.05) is 26.6 Å². The zero-order valence-corrected chi connectivity index (χ0v) is 14.2. The van der Waals surface area contributed by atoms with Crippen LogP contribution in [-0.4, -0.2) is 25.9 Å². The average Bonchev–Trinajstić information content (AvgIpc) is 2.48. The molecule has 0 unspecified atom stereocenters. The van der Waals surface area contributed by atoms with Gasteiger partial charge in [0.2, 0.25) is 5.91 Å². The summed E-state index contributed by atoms with van der Waals surface area (Å²) in [6.45, 7) is 1.27. The second-order valence-corrected chi connectivity index (χ2v) is 5.77. The van der Waals surface area contributed by atoms with E-state index < -0.39 is 17.6 Å². The summed E-state index contributed by atoms with van der Waals surface area (Å²) in [4.78, 5) is 25.3. The highest BCUT2D eigenvalue weighted by atomic mass is 35.5. The summed E-state index contributed by atoms with van der Waals surface area (Å²) in [5, 5.41) is 5.59. The smallest absolute Gasteiger partial charge is 0.255 e. The molecule has 2 aromatic rings. The number of amides is 2. The number of nitrogens with one attached hydrogen (secondary N) is 2. The quantitative estimate of drug-likeness (QED) is 0.883. The van der Waals surface area contributed by atoms with Crippen molar-refractivity contribution in [1.82, 2.24) is 0 Å². The summed E-state index contributed by atoms with van der Waals surface area (Å²) in [5.41, 5.74) is 1.36. The lowest BCUT2D eigenvalue weighted by Gasteiger charge is -2.19. The van der Waals surface area contributed by atoms with Crippen LogP contribution in [0.2, 0.25) is 5.02 Å². The number of hydrogen-bond acceptors (Lipinski definition) is 3. The van der Waals surface area contributed by atoms with E-state index in [4.69, 9.17) is 11.6 Å². The summed E-state index contributed by atoms with van der Waals surface area (Å²) < 4.78 is 13.7. The topological polar surface area (TPSA) is 61.4 Å². The van der Waals surface area contributed by atoms with E-state index in [2.05, 4.69) is 10.6 Å². The van der Waals surface area contributed by atoms with Crippen molar-refractivity contribution in [2.45, 2.75) is 6.92 Å². The fourth-order valence-corrected chi connectivity index (χ4v) is 2.56. The van der Waals surface area contributed by atoms with Crippen LogP contribution in [0, 0.1) is 5.82 Å². The van der Waals surface area contributed by atoms with Crippen LogP contribution in [0.15, 0.2) is 36.4 Å². The summed E-state index contributed by atoms with van der Waals surface area (Å²) >= 11 is 6.17. The third kappa shape index (κ3) is 4.02. The normalized spacial score (nSPS) is 10.2. The molecule has 0 bridgehead atoms. The van der Waals surface area contributed by atoms with Crippen LogP contribution in [0.5, 0.6) is 0 Å². The van der Waals surface area contributed by atoms with Gasteiger partial charge >= 0.3 is 0 Å². The molecular weight excluding hydrogens is 333 g/mol. The molecule has 0 radical (unpaired) electrons. The largest absolute Gasteiger partial charge is 0.375 e. The van der Waals surface area contributed by atoms with Gasteiger partial charge in [0.1, 0.15) is 5.82 Å². The van der Waals surface area contributed by atoms with Crippen molar-refractivity contribution in [3.8, 4) is 0 Å². The molecule has 2 amide bonds. The van der Waals surface area contributed by atoms with Crippen molar-refractivity contribution in [2.75, 3.05) is 29.6 Å². The summed E-state index contributed by atoms with van der Waals surface area (Å²) in [5.74, 6) is -1.47. The van der Waals surface area contributed by atoms with E-state index in [1.54, 1.807) is 23.1 Å². The number of nitrogens with zero attached hydrogens (tertiary/aromatic N) is 1. The Labute approximate surface area is 144 Å². The fraction of sp³-hybridized carbons (Fsp3) is 0.176. The van der Waals surface area contributed by atoms with Gasteiger partial charge in [-0.15, -0.1) is 0 Å². The second kappa shape index (κ2) is 7.31. The molecule has 0 atom stereocenters. The van der Waals surface area contributed by atoms with Crippen molar-refractivity contribution in [3.05, 3.63) is 52.8 Å². The number of benzene rings is 2. The summed E-state index contributed by atoms with van der Waals surface area (Å²) in [6.07, 6.45) is 0. The molecule has 0 aliphatic heterocycles. The Kier molecular flexibility index (Phi) is 5.41. The molecule has 0 fully saturated rings. The molecule has 0 spiro atoms. The minimum atomic E-state index is -0.613. The van der Waals surface area contributed by atoms with Crippen LogP contribution in [-0.2, 0) is 4.79 Å². The van der Waals surface area contributed by atoms with Gasteiger partial charge in [0.15, 0.2) is 0 Å². The molecule has 0 aromatic heterocycles. The lowest BCUT2D eigenvalue weighted by atomic mass is 10.1. The van der Waals surface area contributed by atoms with Gasteiger partial charge < -0.3 is 15.5 Å². The number of para-hydroxylation sites is 1. The van der Waals surface area contributed by atoms with Gasteiger partial charge in [0.25, 0.3) is 5.91 Å². The Morgan fingerprint density at radius 2 is 1.79 bits per heavy atom. The molecule has 24 heavy (non-hydrogen) atoms. The predicted molar refractivity (Wildman–Crippen MR) is 94.4 cm³/mol. The van der Waals surface area contributed by atoms with Gasteiger partial charge in [-0.05, 0) is 30.3 Å². The standard InChI is InChI=1S/C17H17ClFN3O2/c1-10(23)20-15-9-11(7-8-13(15)19)17(24)21-14-6-4-5-12(18)16(14)22(2)3/h4-9H,1-3H3,(H,20,23)(H,21,24). The Balaban J connectivity index is 2.31. The van der Waals surface area contributed by atoms with Crippen LogP contribution in [0.3, 0.4) is 0 Å². The second-order valence-electron chi connectivity index (χ2n) is 5.36. The zero-order chi connectivity index (χ0) is 17.9. The van der Waals surface area contributed by atoms with Crippen LogP contribution < -0.4 is 15.5 Å². The monoisotopic (exact) mass is 349 g/mol. The molecule has 2 rings (SSSR count). The molecule has 2 N–H and O–H groups in total. The Morgan fingerprint density at radius 3 is 2.42 bits per heavy atom. The molecule has 0 aliphatic rings. The number of carbonyl (C=O) groups excluding carboxylic acids is 2. The lowest BCUT2D eigenvalue weighted by Crippen LogP contribution is -2.17. The third-order valence-corrected chi connectivity index (χ3v) is 3.53. The summed E-state index contributed by atoms with van der Waals surface area (Å²) in [6, 6.07) is 8.92. The van der Waals surface area contributed by atoms with Crippen molar-refractivity contribution in [2.24, 2.45) is 0 Å². The van der Waals surface area contributed by atoms with Crippen molar-refractivity contribution >= 4 is 40.5 Å². The number of halogens is 2. The van der Waals surface area contributed by atoms with Gasteiger partial charge in [-0.25, -0.2) is 4.39 Å². The van der Waals surface area contributed by atoms with Gasteiger partial charge in [-0.3, -0.25) is 9.59 Å². The van der Waals surface area contributed by atoms with Crippen LogP contribution in [0.4, 0.5) is 21.5 Å². The lowest BCUT2D eigenvalue weighted by molar-refractivity contribution is -0.114. The van der Waals surface area contributed by atoms with E-state index in [0.717, 1.165) is 6.07 Å². The average molecular weight is 350 g/mol. The van der Waals surface area contributed by atoms with Gasteiger partial charge in [-0.2, -0.15) is 0 Å². The van der Waals surface area contributed by atoms with E-state index in [1.807, 2.05) is 14.1 Å². The number of hydrogen-bond donors (Lipinski definition) is 2. The predicted octanol–water partition coefficient (Wildman–Crippen LogP) is 3.76. The number of carbonyl (C=O) groups is 2. The molecule has 126 valence electrons. The molecule has 2 aromatic carbocycles. The first-order valence-electron chi connectivity index (χ1n) is 7.14. The van der Waals surface area contributed by atoms with E-state index >= 15 is 0 Å². The first-order valence-corrected chi connectivity index (χ1v) is 7.51. The van der Waals surface area contributed by atoms with Crippen LogP contribution in [0.25, 0.3) is 0 Å². The van der Waals surface area contributed by atoms with Crippen molar-refractivity contribution in [3.63, 3.8) is 0 Å². The molecular formula is C17H17ClFN3O2. The molecule has 0 saturated carbocycles. The molecule has 5 nitrogen and oxygen atoms in total. The molecule has 0 aliphatic carbocycles. The maximum Gasteiger partial charge on any atom is 0.255 e. The van der Waals surface area contributed by atoms with E-state index in [0.29, 0.717) is 16.4 Å². The highest BCUT2D eigenvalue weighted by Crippen LogP contribution is 2.32. The van der Waals surface area contributed by atoms with E-state index in [9.17, 15) is 14.0 Å². The zero-order valence-electron chi connectivity index (χ0n) is 13.5. The maximum absolute atomic E-state index is 13.7. The van der Waals surface area contributed by atoms with Crippen molar-refractivity contribution in [1.29, 1.82) is 0 Å². The Morgan fingerprint density at radius 1 is 1.08 bits per heavy atom. The summed E-state index contributed by atoms with van der Waals surface area (Å²) in [7, 11) is 3.62. The van der Waals surface area contributed by atoms with Crippen molar-refractivity contribution < 1.29 is 14.0 Å². The molecule has 0 heterocycles.